The van der Waals surface area contributed by atoms with Gasteiger partial charge in [-0.05, 0) is 24.0 Å². The number of benzene rings is 1. The quantitative estimate of drug-likeness (QED) is 0.788. The lowest BCUT2D eigenvalue weighted by atomic mass is 9.74. The predicted molar refractivity (Wildman–Crippen MR) is 97.5 cm³/mol. The summed E-state index contributed by atoms with van der Waals surface area (Å²) < 4.78 is 5.25. The van der Waals surface area contributed by atoms with E-state index in [0.29, 0.717) is 17.8 Å². The second kappa shape index (κ2) is 6.72. The highest BCUT2D eigenvalue weighted by atomic mass is 16.5. The third-order valence-electron chi connectivity index (χ3n) is 5.57. The number of rotatable bonds is 4. The third-order valence-corrected chi connectivity index (χ3v) is 5.57. The van der Waals surface area contributed by atoms with Crippen molar-refractivity contribution in [2.24, 2.45) is 5.92 Å². The first kappa shape index (κ1) is 17.6. The van der Waals surface area contributed by atoms with Crippen molar-refractivity contribution in [3.63, 3.8) is 0 Å². The second-order valence-electron chi connectivity index (χ2n) is 7.14. The van der Waals surface area contributed by atoms with Gasteiger partial charge < -0.3 is 15.0 Å². The number of imide groups is 1. The molecule has 3 atom stereocenters. The SMILES string of the molecule is CCCN1C(=O)NC(=O)C2C(c3ccc(CC)cc3)C3=C(COC3=O)NC21. The summed E-state index contributed by atoms with van der Waals surface area (Å²) in [7, 11) is 0. The summed E-state index contributed by atoms with van der Waals surface area (Å²) in [5, 5.41) is 5.71. The summed E-state index contributed by atoms with van der Waals surface area (Å²) in [5.74, 6) is -1.79. The second-order valence-corrected chi connectivity index (χ2v) is 7.14. The van der Waals surface area contributed by atoms with Gasteiger partial charge in [0.15, 0.2) is 0 Å². The van der Waals surface area contributed by atoms with Gasteiger partial charge in [0.2, 0.25) is 5.91 Å². The summed E-state index contributed by atoms with van der Waals surface area (Å²) in [4.78, 5) is 39.3. The number of aryl methyl sites for hydroxylation is 1. The van der Waals surface area contributed by atoms with E-state index in [1.807, 2.05) is 31.2 Å². The molecule has 27 heavy (non-hydrogen) atoms. The number of fused-ring (bicyclic) bond motifs is 1. The number of hydrogen-bond donors (Lipinski definition) is 2. The van der Waals surface area contributed by atoms with Gasteiger partial charge in [0.25, 0.3) is 0 Å². The average molecular weight is 369 g/mol. The third kappa shape index (κ3) is 2.78. The lowest BCUT2D eigenvalue weighted by Crippen LogP contribution is -2.67. The Morgan fingerprint density at radius 2 is 1.89 bits per heavy atom. The average Bonchev–Trinajstić information content (AvgIpc) is 3.04. The molecular formula is C20H23N3O4. The van der Waals surface area contributed by atoms with Crippen LogP contribution in [0.25, 0.3) is 0 Å². The topological polar surface area (TPSA) is 87.7 Å². The fourth-order valence-electron chi connectivity index (χ4n) is 4.25. The summed E-state index contributed by atoms with van der Waals surface area (Å²) >= 11 is 0. The molecule has 3 aliphatic heterocycles. The molecule has 4 rings (SSSR count). The minimum Gasteiger partial charge on any atom is -0.456 e. The number of carbonyl (C=O) groups is 3. The Kier molecular flexibility index (Phi) is 4.37. The van der Waals surface area contributed by atoms with Gasteiger partial charge >= 0.3 is 12.0 Å². The first-order valence-electron chi connectivity index (χ1n) is 9.42. The van der Waals surface area contributed by atoms with E-state index in [0.717, 1.165) is 18.4 Å². The van der Waals surface area contributed by atoms with Crippen LogP contribution in [0, 0.1) is 5.92 Å². The summed E-state index contributed by atoms with van der Waals surface area (Å²) in [6.07, 6.45) is 1.19. The van der Waals surface area contributed by atoms with Crippen molar-refractivity contribution in [2.45, 2.75) is 38.8 Å². The van der Waals surface area contributed by atoms with Gasteiger partial charge in [-0.25, -0.2) is 9.59 Å². The molecule has 0 saturated carbocycles. The standard InChI is InChI=1S/C20H23N3O4/c1-3-9-23-17-16(18(24)22-20(23)26)14(12-7-5-11(4-2)6-8-12)15-13(21-17)10-27-19(15)25/h5-8,14,16-17,21H,3-4,9-10H2,1-2H3,(H,22,24,26). The van der Waals surface area contributed by atoms with Crippen LogP contribution in [-0.4, -0.2) is 42.1 Å². The lowest BCUT2D eigenvalue weighted by molar-refractivity contribution is -0.136. The molecule has 0 aliphatic carbocycles. The molecular weight excluding hydrogens is 346 g/mol. The molecule has 1 aromatic carbocycles. The van der Waals surface area contributed by atoms with Crippen LogP contribution in [0.4, 0.5) is 4.79 Å². The summed E-state index contributed by atoms with van der Waals surface area (Å²) in [5.41, 5.74) is 3.25. The zero-order chi connectivity index (χ0) is 19.1. The number of urea groups is 1. The molecule has 3 amide bonds. The van der Waals surface area contributed by atoms with E-state index < -0.39 is 30.0 Å². The Morgan fingerprint density at radius 1 is 1.15 bits per heavy atom. The van der Waals surface area contributed by atoms with Crippen molar-refractivity contribution in [1.82, 2.24) is 15.5 Å². The molecule has 142 valence electrons. The fourth-order valence-corrected chi connectivity index (χ4v) is 4.25. The van der Waals surface area contributed by atoms with Crippen LogP contribution in [-0.2, 0) is 20.7 Å². The molecule has 1 aromatic rings. The van der Waals surface area contributed by atoms with Gasteiger partial charge in [0, 0.05) is 12.5 Å². The largest absolute Gasteiger partial charge is 0.456 e. The molecule has 3 aliphatic rings. The number of nitrogens with zero attached hydrogens (tertiary/aromatic N) is 1. The number of hydrogen-bond acceptors (Lipinski definition) is 5. The van der Waals surface area contributed by atoms with Crippen LogP contribution in [0.1, 0.15) is 37.3 Å². The number of cyclic esters (lactones) is 1. The molecule has 1 fully saturated rings. The summed E-state index contributed by atoms with van der Waals surface area (Å²) in [6, 6.07) is 7.57. The minimum absolute atomic E-state index is 0.150. The molecule has 0 bridgehead atoms. The van der Waals surface area contributed by atoms with Crippen LogP contribution in [0.2, 0.25) is 0 Å². The van der Waals surface area contributed by atoms with Crippen molar-refractivity contribution in [3.8, 4) is 0 Å². The maximum Gasteiger partial charge on any atom is 0.336 e. The highest BCUT2D eigenvalue weighted by molar-refractivity contribution is 6.02. The van der Waals surface area contributed by atoms with E-state index in [-0.39, 0.29) is 12.5 Å². The lowest BCUT2D eigenvalue weighted by Gasteiger charge is -2.46. The van der Waals surface area contributed by atoms with Crippen molar-refractivity contribution < 1.29 is 19.1 Å². The number of carbonyl (C=O) groups excluding carboxylic acids is 3. The van der Waals surface area contributed by atoms with E-state index in [1.54, 1.807) is 4.90 Å². The molecule has 0 radical (unpaired) electrons. The van der Waals surface area contributed by atoms with Crippen LogP contribution >= 0.6 is 0 Å². The predicted octanol–water partition coefficient (Wildman–Crippen LogP) is 1.65. The summed E-state index contributed by atoms with van der Waals surface area (Å²) in [6.45, 7) is 4.73. The maximum absolute atomic E-state index is 12.8. The number of esters is 1. The zero-order valence-electron chi connectivity index (χ0n) is 15.5. The Bertz CT molecular complexity index is 830. The van der Waals surface area contributed by atoms with E-state index in [1.165, 1.54) is 5.56 Å². The van der Waals surface area contributed by atoms with Crippen molar-refractivity contribution in [2.75, 3.05) is 13.2 Å². The molecule has 3 unspecified atom stereocenters. The van der Waals surface area contributed by atoms with Crippen LogP contribution in [0.3, 0.4) is 0 Å². The van der Waals surface area contributed by atoms with Gasteiger partial charge in [-0.15, -0.1) is 0 Å². The van der Waals surface area contributed by atoms with E-state index in [9.17, 15) is 14.4 Å². The number of ether oxygens (including phenoxy) is 1. The van der Waals surface area contributed by atoms with Crippen molar-refractivity contribution >= 4 is 17.9 Å². The van der Waals surface area contributed by atoms with Gasteiger partial charge in [-0.3, -0.25) is 10.1 Å². The minimum atomic E-state index is -0.592. The van der Waals surface area contributed by atoms with Gasteiger partial charge in [-0.1, -0.05) is 38.1 Å². The van der Waals surface area contributed by atoms with Gasteiger partial charge in [0.1, 0.15) is 12.8 Å². The van der Waals surface area contributed by atoms with Crippen LogP contribution in [0.5, 0.6) is 0 Å². The fraction of sp³-hybridized carbons (Fsp3) is 0.450. The monoisotopic (exact) mass is 369 g/mol. The van der Waals surface area contributed by atoms with E-state index >= 15 is 0 Å². The first-order valence-corrected chi connectivity index (χ1v) is 9.42. The molecule has 0 spiro atoms. The molecule has 7 heteroatoms. The highest BCUT2D eigenvalue weighted by Crippen LogP contribution is 2.43. The zero-order valence-corrected chi connectivity index (χ0v) is 15.5. The van der Waals surface area contributed by atoms with E-state index in [2.05, 4.69) is 17.6 Å². The Balaban J connectivity index is 1.82. The maximum atomic E-state index is 12.8. The Labute approximate surface area is 157 Å². The van der Waals surface area contributed by atoms with Crippen molar-refractivity contribution in [3.05, 3.63) is 46.7 Å². The molecule has 7 nitrogen and oxygen atoms in total. The Hall–Kier alpha value is -2.83. The first-order chi connectivity index (χ1) is 13.0. The van der Waals surface area contributed by atoms with Crippen molar-refractivity contribution in [1.29, 1.82) is 0 Å². The van der Waals surface area contributed by atoms with Crippen LogP contribution in [0.15, 0.2) is 35.5 Å². The van der Waals surface area contributed by atoms with Gasteiger partial charge in [-0.2, -0.15) is 0 Å². The van der Waals surface area contributed by atoms with E-state index in [4.69, 9.17) is 4.74 Å². The Morgan fingerprint density at radius 3 is 2.56 bits per heavy atom. The smallest absolute Gasteiger partial charge is 0.336 e. The van der Waals surface area contributed by atoms with Gasteiger partial charge in [0.05, 0.1) is 17.2 Å². The molecule has 1 saturated heterocycles. The normalized spacial score (nSPS) is 27.0. The molecule has 3 heterocycles. The molecule has 2 N–H and O–H groups in total. The highest BCUT2D eigenvalue weighted by Gasteiger charge is 2.53. The number of amides is 3. The number of nitrogens with one attached hydrogen (secondary N) is 2. The molecule has 0 aromatic heterocycles. The van der Waals surface area contributed by atoms with Crippen LogP contribution < -0.4 is 10.6 Å².